The molecular formula is C16H14O3. The highest BCUT2D eigenvalue weighted by molar-refractivity contribution is 6.07. The van der Waals surface area contributed by atoms with Gasteiger partial charge in [-0.15, -0.1) is 0 Å². The molecule has 0 aliphatic heterocycles. The third kappa shape index (κ3) is 2.55. The number of carbonyl (C=O) groups is 2. The van der Waals surface area contributed by atoms with Gasteiger partial charge in [0.25, 0.3) is 0 Å². The molecular weight excluding hydrogens is 240 g/mol. The highest BCUT2D eigenvalue weighted by Crippen LogP contribution is 2.27. The minimum Gasteiger partial charge on any atom is -0.434 e. The largest absolute Gasteiger partial charge is 0.434 e. The summed E-state index contributed by atoms with van der Waals surface area (Å²) in [5, 5.41) is 1.86. The molecule has 0 aromatic heterocycles. The van der Waals surface area contributed by atoms with Gasteiger partial charge >= 0.3 is 5.97 Å². The van der Waals surface area contributed by atoms with Crippen LogP contribution in [0, 0.1) is 0 Å². The van der Waals surface area contributed by atoms with Crippen LogP contribution in [0.5, 0.6) is 0 Å². The number of hydrogen-bond donors (Lipinski definition) is 0. The van der Waals surface area contributed by atoms with Crippen molar-refractivity contribution in [2.24, 2.45) is 0 Å². The number of carbonyl (C=O) groups excluding carboxylic acids is 2. The summed E-state index contributed by atoms with van der Waals surface area (Å²) in [7, 11) is 0. The number of Topliss-reactive ketones (excluding diaryl/α,β-unsaturated/α-hetero) is 1. The Kier molecular flexibility index (Phi) is 3.76. The van der Waals surface area contributed by atoms with Crippen LogP contribution in [0.2, 0.25) is 0 Å². The third-order valence-corrected chi connectivity index (χ3v) is 2.98. The molecule has 0 aliphatic carbocycles. The number of fused-ring (bicyclic) bond motifs is 1. The van der Waals surface area contributed by atoms with Crippen molar-refractivity contribution in [1.82, 2.24) is 0 Å². The van der Waals surface area contributed by atoms with E-state index in [9.17, 15) is 9.59 Å². The van der Waals surface area contributed by atoms with Crippen molar-refractivity contribution in [2.75, 3.05) is 0 Å². The quantitative estimate of drug-likeness (QED) is 0.478. The van der Waals surface area contributed by atoms with Crippen molar-refractivity contribution in [2.45, 2.75) is 12.8 Å². The second-order valence-corrected chi connectivity index (χ2v) is 4.22. The molecule has 2 aromatic carbocycles. The van der Waals surface area contributed by atoms with Gasteiger partial charge in [-0.25, -0.2) is 0 Å². The van der Waals surface area contributed by atoms with E-state index in [-0.39, 0.29) is 5.78 Å². The molecule has 0 aliphatic rings. The van der Waals surface area contributed by atoms with E-state index in [2.05, 4.69) is 6.58 Å². The molecule has 0 bridgehead atoms. The Labute approximate surface area is 111 Å². The van der Waals surface area contributed by atoms with Gasteiger partial charge in [0, 0.05) is 0 Å². The van der Waals surface area contributed by atoms with Gasteiger partial charge in [0.2, 0.25) is 0 Å². The minimum absolute atomic E-state index is 0.247. The lowest BCUT2D eigenvalue weighted by Gasteiger charge is -2.14. The van der Waals surface area contributed by atoms with Crippen LogP contribution in [0.15, 0.2) is 55.3 Å². The summed E-state index contributed by atoms with van der Waals surface area (Å²) in [6, 6.07) is 13.2. The molecule has 0 saturated heterocycles. The Hall–Kier alpha value is -2.42. The predicted molar refractivity (Wildman–Crippen MR) is 73.7 cm³/mol. The van der Waals surface area contributed by atoms with Gasteiger partial charge in [0.1, 0.15) is 11.7 Å². The van der Waals surface area contributed by atoms with Crippen molar-refractivity contribution < 1.29 is 14.3 Å². The van der Waals surface area contributed by atoms with Crippen LogP contribution in [0.4, 0.5) is 0 Å². The monoisotopic (exact) mass is 254 g/mol. The van der Waals surface area contributed by atoms with Crippen molar-refractivity contribution in [1.29, 1.82) is 0 Å². The Balaban J connectivity index is 2.59. The molecule has 0 heterocycles. The zero-order valence-corrected chi connectivity index (χ0v) is 10.6. The Morgan fingerprint density at radius 2 is 1.84 bits per heavy atom. The summed E-state index contributed by atoms with van der Waals surface area (Å²) in [6.07, 6.45) is 1.05. The molecule has 1 unspecified atom stereocenters. The summed E-state index contributed by atoms with van der Waals surface area (Å²) >= 11 is 0. The van der Waals surface area contributed by atoms with Crippen LogP contribution in [0.1, 0.15) is 18.4 Å². The number of rotatable bonds is 4. The Bertz CT molecular complexity index is 638. The standard InChI is InChI=1S/C16H14O3/c1-3-19-16(18)15(11(2)17)14-10-6-8-12-7-4-5-9-13(12)14/h3-10,15H,1H2,2H3. The molecule has 0 radical (unpaired) electrons. The molecule has 3 heteroatoms. The molecule has 3 nitrogen and oxygen atoms in total. The normalized spacial score (nSPS) is 11.8. The minimum atomic E-state index is -0.913. The average Bonchev–Trinajstić information content (AvgIpc) is 2.39. The zero-order chi connectivity index (χ0) is 13.8. The van der Waals surface area contributed by atoms with E-state index in [0.29, 0.717) is 5.56 Å². The summed E-state index contributed by atoms with van der Waals surface area (Å²) in [5.74, 6) is -1.76. The van der Waals surface area contributed by atoms with Gasteiger partial charge in [-0.05, 0) is 23.3 Å². The maximum atomic E-state index is 11.9. The average molecular weight is 254 g/mol. The van der Waals surface area contributed by atoms with E-state index >= 15 is 0 Å². The smallest absolute Gasteiger partial charge is 0.325 e. The SMILES string of the molecule is C=COC(=O)C(C(C)=O)c1cccc2ccccc12. The topological polar surface area (TPSA) is 43.4 Å². The molecule has 19 heavy (non-hydrogen) atoms. The maximum absolute atomic E-state index is 11.9. The van der Waals surface area contributed by atoms with Crippen molar-refractivity contribution >= 4 is 22.5 Å². The third-order valence-electron chi connectivity index (χ3n) is 2.98. The fourth-order valence-corrected chi connectivity index (χ4v) is 2.16. The van der Waals surface area contributed by atoms with Crippen molar-refractivity contribution in [3.8, 4) is 0 Å². The first-order valence-corrected chi connectivity index (χ1v) is 5.94. The van der Waals surface area contributed by atoms with Crippen LogP contribution in [-0.4, -0.2) is 11.8 Å². The molecule has 0 N–H and O–H groups in total. The Morgan fingerprint density at radius 3 is 2.53 bits per heavy atom. The van der Waals surface area contributed by atoms with Crippen LogP contribution in [0.3, 0.4) is 0 Å². The molecule has 0 saturated carbocycles. The number of benzene rings is 2. The van der Waals surface area contributed by atoms with Gasteiger partial charge < -0.3 is 4.74 Å². The van der Waals surface area contributed by atoms with Crippen LogP contribution >= 0.6 is 0 Å². The highest BCUT2D eigenvalue weighted by atomic mass is 16.5. The molecule has 0 amide bonds. The van der Waals surface area contributed by atoms with Gasteiger partial charge in [-0.3, -0.25) is 9.59 Å². The van der Waals surface area contributed by atoms with Crippen molar-refractivity contribution in [3.63, 3.8) is 0 Å². The lowest BCUT2D eigenvalue weighted by atomic mass is 9.91. The summed E-state index contributed by atoms with van der Waals surface area (Å²) < 4.78 is 4.77. The number of esters is 1. The lowest BCUT2D eigenvalue weighted by Crippen LogP contribution is -2.21. The van der Waals surface area contributed by atoms with E-state index in [4.69, 9.17) is 4.74 Å². The molecule has 0 fully saturated rings. The van der Waals surface area contributed by atoms with Crippen LogP contribution in [0.25, 0.3) is 10.8 Å². The summed E-state index contributed by atoms with van der Waals surface area (Å²) in [6.45, 7) is 4.73. The van der Waals surface area contributed by atoms with Crippen molar-refractivity contribution in [3.05, 3.63) is 60.9 Å². The number of hydrogen-bond acceptors (Lipinski definition) is 3. The predicted octanol–water partition coefficient (Wildman–Crippen LogP) is 3.20. The summed E-state index contributed by atoms with van der Waals surface area (Å²) in [5.41, 5.74) is 0.664. The van der Waals surface area contributed by atoms with Gasteiger partial charge in [-0.2, -0.15) is 0 Å². The fraction of sp³-hybridized carbons (Fsp3) is 0.125. The van der Waals surface area contributed by atoms with E-state index in [1.54, 1.807) is 6.07 Å². The number of ketones is 1. The first-order valence-electron chi connectivity index (χ1n) is 5.94. The second-order valence-electron chi connectivity index (χ2n) is 4.22. The lowest BCUT2D eigenvalue weighted by molar-refractivity contribution is -0.142. The maximum Gasteiger partial charge on any atom is 0.325 e. The van der Waals surface area contributed by atoms with E-state index in [0.717, 1.165) is 17.0 Å². The molecule has 2 rings (SSSR count). The van der Waals surface area contributed by atoms with Gasteiger partial charge in [0.15, 0.2) is 0 Å². The van der Waals surface area contributed by atoms with E-state index in [1.807, 2.05) is 36.4 Å². The Morgan fingerprint density at radius 1 is 1.16 bits per heavy atom. The molecule has 96 valence electrons. The molecule has 2 aromatic rings. The fourth-order valence-electron chi connectivity index (χ4n) is 2.16. The first kappa shape index (κ1) is 13.0. The second kappa shape index (κ2) is 5.48. The summed E-state index contributed by atoms with van der Waals surface area (Å²) in [4.78, 5) is 23.7. The van der Waals surface area contributed by atoms with Gasteiger partial charge in [-0.1, -0.05) is 49.0 Å². The molecule has 1 atom stereocenters. The highest BCUT2D eigenvalue weighted by Gasteiger charge is 2.27. The zero-order valence-electron chi connectivity index (χ0n) is 10.6. The molecule has 0 spiro atoms. The van der Waals surface area contributed by atoms with E-state index < -0.39 is 11.9 Å². The van der Waals surface area contributed by atoms with Crippen LogP contribution < -0.4 is 0 Å². The van der Waals surface area contributed by atoms with Gasteiger partial charge in [0.05, 0.1) is 6.26 Å². The number of ether oxygens (including phenoxy) is 1. The van der Waals surface area contributed by atoms with E-state index in [1.165, 1.54) is 6.92 Å². The van der Waals surface area contributed by atoms with Crippen LogP contribution in [-0.2, 0) is 14.3 Å². The first-order chi connectivity index (χ1) is 9.15.